The van der Waals surface area contributed by atoms with Crippen molar-refractivity contribution in [3.8, 4) is 0 Å². The largest absolute Gasteiger partial charge is 0.411 e. The van der Waals surface area contributed by atoms with Gasteiger partial charge in [-0.1, -0.05) is 18.2 Å². The Balaban J connectivity index is 0.000000810. The predicted molar refractivity (Wildman–Crippen MR) is 44.0 cm³/mol. The van der Waals surface area contributed by atoms with Gasteiger partial charge < -0.3 is 5.21 Å². The Kier molecular flexibility index (Phi) is 4.12. The predicted octanol–water partition coefficient (Wildman–Crippen LogP) is 2.22. The van der Waals surface area contributed by atoms with Crippen LogP contribution in [-0.4, -0.2) is 10.9 Å². The van der Waals surface area contributed by atoms with Crippen LogP contribution in [0.3, 0.4) is 0 Å². The van der Waals surface area contributed by atoms with Crippen LogP contribution in [0.5, 0.6) is 0 Å². The molecule has 0 aliphatic heterocycles. The summed E-state index contributed by atoms with van der Waals surface area (Å²) in [6.45, 7) is 2.15. The quantitative estimate of drug-likeness (QED) is 0.429. The number of nitrogens with zero attached hydrogens (tertiary/aromatic N) is 1. The minimum atomic E-state index is 0. The molecule has 58 valence electrons. The summed E-state index contributed by atoms with van der Waals surface area (Å²) < 4.78 is 0. The second-order valence-corrected chi connectivity index (χ2v) is 2.54. The van der Waals surface area contributed by atoms with Crippen molar-refractivity contribution in [2.75, 3.05) is 0 Å². The lowest BCUT2D eigenvalue weighted by Gasteiger charge is -2.11. The van der Waals surface area contributed by atoms with Crippen LogP contribution in [0.1, 0.15) is 19.8 Å². The fourth-order valence-electron chi connectivity index (χ4n) is 1.02. The molecular weight excluding hydrogens is 150 g/mol. The number of hydrogen-bond acceptors (Lipinski definition) is 2. The summed E-state index contributed by atoms with van der Waals surface area (Å²) in [4.78, 5) is 0. The van der Waals surface area contributed by atoms with Gasteiger partial charge in [0.15, 0.2) is 0 Å². The zero-order valence-corrected chi connectivity index (χ0v) is 6.77. The molecule has 1 unspecified atom stereocenters. The molecule has 0 saturated carbocycles. The molecule has 10 heavy (non-hydrogen) atoms. The van der Waals surface area contributed by atoms with Crippen molar-refractivity contribution in [1.82, 2.24) is 0 Å². The molecule has 0 radical (unpaired) electrons. The van der Waals surface area contributed by atoms with Crippen molar-refractivity contribution in [3.63, 3.8) is 0 Å². The van der Waals surface area contributed by atoms with Crippen LogP contribution in [0.15, 0.2) is 17.3 Å². The van der Waals surface area contributed by atoms with Gasteiger partial charge in [-0.05, 0) is 24.8 Å². The van der Waals surface area contributed by atoms with E-state index >= 15 is 0 Å². The van der Waals surface area contributed by atoms with Gasteiger partial charge in [0.25, 0.3) is 0 Å². The molecule has 1 aliphatic carbocycles. The van der Waals surface area contributed by atoms with Crippen LogP contribution in [0.25, 0.3) is 0 Å². The highest BCUT2D eigenvalue weighted by atomic mass is 35.5. The van der Waals surface area contributed by atoms with Crippen molar-refractivity contribution in [3.05, 3.63) is 12.2 Å². The molecule has 0 bridgehead atoms. The summed E-state index contributed by atoms with van der Waals surface area (Å²) in [5, 5.41) is 11.5. The van der Waals surface area contributed by atoms with Gasteiger partial charge in [0.05, 0.1) is 5.71 Å². The second kappa shape index (κ2) is 4.34. The van der Waals surface area contributed by atoms with E-state index in [4.69, 9.17) is 5.21 Å². The molecule has 3 heteroatoms. The Labute approximate surface area is 67.0 Å². The molecule has 0 aromatic carbocycles. The van der Waals surface area contributed by atoms with E-state index in [0.717, 1.165) is 18.6 Å². The highest BCUT2D eigenvalue weighted by Crippen LogP contribution is 2.14. The third kappa shape index (κ3) is 2.40. The number of oxime groups is 1. The van der Waals surface area contributed by atoms with Gasteiger partial charge in [0, 0.05) is 0 Å². The molecule has 0 heterocycles. The fraction of sp³-hybridized carbons (Fsp3) is 0.571. The number of hydrogen-bond donors (Lipinski definition) is 1. The van der Waals surface area contributed by atoms with Crippen LogP contribution in [0.2, 0.25) is 0 Å². The van der Waals surface area contributed by atoms with Gasteiger partial charge in [-0.2, -0.15) is 0 Å². The first-order valence-corrected chi connectivity index (χ1v) is 3.20. The number of allylic oxidation sites excluding steroid dienone is 2. The number of rotatable bonds is 0. The Morgan fingerprint density at radius 3 is 2.80 bits per heavy atom. The first-order chi connectivity index (χ1) is 4.33. The minimum absolute atomic E-state index is 0. The van der Waals surface area contributed by atoms with E-state index in [1.807, 2.05) is 12.2 Å². The molecule has 0 fully saturated rings. The maximum absolute atomic E-state index is 8.35. The van der Waals surface area contributed by atoms with Crippen molar-refractivity contribution >= 4 is 18.1 Å². The first kappa shape index (κ1) is 9.50. The van der Waals surface area contributed by atoms with E-state index in [0.29, 0.717) is 5.92 Å². The van der Waals surface area contributed by atoms with E-state index in [9.17, 15) is 0 Å². The average Bonchev–Trinajstić information content (AvgIpc) is 1.88. The summed E-state index contributed by atoms with van der Waals surface area (Å²) >= 11 is 0. The average molecular weight is 162 g/mol. The molecule has 0 spiro atoms. The summed E-state index contributed by atoms with van der Waals surface area (Å²) in [6, 6.07) is 0. The summed E-state index contributed by atoms with van der Waals surface area (Å²) in [5.74, 6) is 0.640. The van der Waals surface area contributed by atoms with Gasteiger partial charge in [-0.25, -0.2) is 0 Å². The van der Waals surface area contributed by atoms with Gasteiger partial charge >= 0.3 is 0 Å². The monoisotopic (exact) mass is 161 g/mol. The van der Waals surface area contributed by atoms with E-state index in [1.165, 1.54) is 0 Å². The zero-order chi connectivity index (χ0) is 6.69. The third-order valence-electron chi connectivity index (χ3n) is 1.53. The normalized spacial score (nSPS) is 28.1. The molecule has 0 aromatic heterocycles. The standard InChI is InChI=1S/C7H11NO.ClH/c1-6-3-2-4-7(5-6)8-9;/h2,4,6,9H,3,5H2,1H3;1H/b8-7+;. The Morgan fingerprint density at radius 1 is 1.70 bits per heavy atom. The SMILES string of the molecule is CC1CC=C/C(=N\O)C1.Cl. The van der Waals surface area contributed by atoms with Crippen LogP contribution in [0, 0.1) is 5.92 Å². The Hall–Kier alpha value is -0.500. The third-order valence-corrected chi connectivity index (χ3v) is 1.53. The lowest BCUT2D eigenvalue weighted by atomic mass is 9.95. The molecule has 1 atom stereocenters. The molecule has 0 amide bonds. The second-order valence-electron chi connectivity index (χ2n) is 2.54. The summed E-state index contributed by atoms with van der Waals surface area (Å²) in [6.07, 6.45) is 5.94. The molecular formula is C7H12ClNO. The van der Waals surface area contributed by atoms with Crippen LogP contribution < -0.4 is 0 Å². The lowest BCUT2D eigenvalue weighted by Crippen LogP contribution is -2.06. The molecule has 1 aliphatic rings. The van der Waals surface area contributed by atoms with Crippen LogP contribution in [-0.2, 0) is 0 Å². The summed E-state index contributed by atoms with van der Waals surface area (Å²) in [7, 11) is 0. The van der Waals surface area contributed by atoms with E-state index in [1.54, 1.807) is 0 Å². The van der Waals surface area contributed by atoms with E-state index in [2.05, 4.69) is 12.1 Å². The maximum Gasteiger partial charge on any atom is 0.0795 e. The van der Waals surface area contributed by atoms with E-state index < -0.39 is 0 Å². The van der Waals surface area contributed by atoms with Gasteiger partial charge in [-0.3, -0.25) is 0 Å². The highest BCUT2D eigenvalue weighted by molar-refractivity contribution is 5.95. The topological polar surface area (TPSA) is 32.6 Å². The van der Waals surface area contributed by atoms with Crippen LogP contribution in [0.4, 0.5) is 0 Å². The van der Waals surface area contributed by atoms with Crippen LogP contribution >= 0.6 is 12.4 Å². The molecule has 0 aromatic rings. The highest BCUT2D eigenvalue weighted by Gasteiger charge is 2.07. The zero-order valence-electron chi connectivity index (χ0n) is 5.95. The fourth-order valence-corrected chi connectivity index (χ4v) is 1.02. The molecule has 0 saturated heterocycles. The lowest BCUT2D eigenvalue weighted by molar-refractivity contribution is 0.316. The van der Waals surface area contributed by atoms with Crippen molar-refractivity contribution in [2.24, 2.45) is 11.1 Å². The smallest absolute Gasteiger partial charge is 0.0795 e. The Bertz CT molecular complexity index is 154. The van der Waals surface area contributed by atoms with Crippen molar-refractivity contribution in [1.29, 1.82) is 0 Å². The summed E-state index contributed by atoms with van der Waals surface area (Å²) in [5.41, 5.74) is 0.800. The van der Waals surface area contributed by atoms with E-state index in [-0.39, 0.29) is 12.4 Å². The Morgan fingerprint density at radius 2 is 2.40 bits per heavy atom. The molecule has 1 N–H and O–H groups in total. The minimum Gasteiger partial charge on any atom is -0.411 e. The van der Waals surface area contributed by atoms with Gasteiger partial charge in [0.1, 0.15) is 0 Å². The molecule has 1 rings (SSSR count). The first-order valence-electron chi connectivity index (χ1n) is 3.20. The maximum atomic E-state index is 8.35. The van der Waals surface area contributed by atoms with Crippen molar-refractivity contribution < 1.29 is 5.21 Å². The van der Waals surface area contributed by atoms with Gasteiger partial charge in [-0.15, -0.1) is 12.4 Å². The molecule has 2 nitrogen and oxygen atoms in total. The number of halogens is 1. The van der Waals surface area contributed by atoms with Gasteiger partial charge in [0.2, 0.25) is 0 Å². The van der Waals surface area contributed by atoms with Crippen molar-refractivity contribution in [2.45, 2.75) is 19.8 Å².